The molecule has 1 N–H and O–H groups in total. The van der Waals surface area contributed by atoms with Crippen molar-refractivity contribution in [1.29, 1.82) is 0 Å². The van der Waals surface area contributed by atoms with Gasteiger partial charge in [-0.25, -0.2) is 4.79 Å². The number of ether oxygens (including phenoxy) is 1. The van der Waals surface area contributed by atoms with Crippen molar-refractivity contribution in [2.45, 2.75) is 84.3 Å². The van der Waals surface area contributed by atoms with Crippen molar-refractivity contribution in [2.24, 2.45) is 5.92 Å². The summed E-state index contributed by atoms with van der Waals surface area (Å²) in [6.07, 6.45) is 10.9. The molecule has 1 aliphatic heterocycles. The quantitative estimate of drug-likeness (QED) is 0.752. The summed E-state index contributed by atoms with van der Waals surface area (Å²) in [5, 5.41) is 3.77. The Balaban J connectivity index is 2.00. The Labute approximate surface area is 148 Å². The molecule has 0 spiro atoms. The second kappa shape index (κ2) is 8.89. The second-order valence-corrected chi connectivity index (χ2v) is 8.29. The van der Waals surface area contributed by atoms with Crippen molar-refractivity contribution >= 4 is 6.09 Å². The fraction of sp³-hybridized carbons (Fsp3) is 0.850. The highest BCUT2D eigenvalue weighted by Gasteiger charge is 2.35. The van der Waals surface area contributed by atoms with E-state index in [1.807, 2.05) is 25.7 Å². The number of carbonyl (C=O) groups is 1. The minimum Gasteiger partial charge on any atom is -0.444 e. The molecule has 0 bridgehead atoms. The zero-order chi connectivity index (χ0) is 17.6. The Morgan fingerprint density at radius 3 is 2.88 bits per heavy atom. The fourth-order valence-corrected chi connectivity index (χ4v) is 3.77. The lowest BCUT2D eigenvalue weighted by Crippen LogP contribution is -2.41. The highest BCUT2D eigenvalue weighted by atomic mass is 16.6. The molecule has 24 heavy (non-hydrogen) atoms. The number of likely N-dealkylation sites (tertiary alicyclic amines) is 1. The molecule has 2 aliphatic rings. The Kier molecular flexibility index (Phi) is 7.15. The molecule has 1 fully saturated rings. The average molecular weight is 337 g/mol. The van der Waals surface area contributed by atoms with Gasteiger partial charge in [0, 0.05) is 19.1 Å². The van der Waals surface area contributed by atoms with Crippen LogP contribution in [0.3, 0.4) is 0 Å². The van der Waals surface area contributed by atoms with Crippen molar-refractivity contribution in [2.75, 3.05) is 19.6 Å². The Morgan fingerprint density at radius 2 is 2.17 bits per heavy atom. The van der Waals surface area contributed by atoms with Gasteiger partial charge < -0.3 is 15.0 Å². The van der Waals surface area contributed by atoms with Gasteiger partial charge in [0.1, 0.15) is 5.60 Å². The topological polar surface area (TPSA) is 41.6 Å². The maximum atomic E-state index is 12.3. The van der Waals surface area contributed by atoms with Crippen LogP contribution in [0.1, 0.15) is 72.6 Å². The third kappa shape index (κ3) is 5.80. The van der Waals surface area contributed by atoms with Gasteiger partial charge in [-0.3, -0.25) is 0 Å². The summed E-state index contributed by atoms with van der Waals surface area (Å²) in [4.78, 5) is 14.2. The maximum absolute atomic E-state index is 12.3. The minimum absolute atomic E-state index is 0.158. The first-order valence-electron chi connectivity index (χ1n) is 9.81. The van der Waals surface area contributed by atoms with E-state index in [0.29, 0.717) is 12.0 Å². The lowest BCUT2D eigenvalue weighted by Gasteiger charge is -2.28. The van der Waals surface area contributed by atoms with Crippen LogP contribution in [0, 0.1) is 5.92 Å². The van der Waals surface area contributed by atoms with E-state index in [9.17, 15) is 4.79 Å². The standard InChI is InChI=1S/C20H36N2O2/c1-5-13-21-18(16-10-8-6-7-9-11-16)17-12-14-22(15-17)19(23)24-20(2,3)4/h10,17-18,21H,5-9,11-15H2,1-4H3. The normalized spacial score (nSPS) is 23.6. The molecular formula is C20H36N2O2. The molecule has 1 aliphatic carbocycles. The number of allylic oxidation sites excluding steroid dienone is 1. The zero-order valence-corrected chi connectivity index (χ0v) is 16.1. The van der Waals surface area contributed by atoms with Crippen LogP contribution in [0.2, 0.25) is 0 Å². The molecule has 2 rings (SSSR count). The SMILES string of the molecule is CCCNC(C1=CCCCCC1)C1CCN(C(=O)OC(C)(C)C)C1. The van der Waals surface area contributed by atoms with Crippen molar-refractivity contribution < 1.29 is 9.53 Å². The number of carbonyl (C=O) groups excluding carboxylic acids is 1. The summed E-state index contributed by atoms with van der Waals surface area (Å²) in [6.45, 7) is 10.7. The second-order valence-electron chi connectivity index (χ2n) is 8.29. The van der Waals surface area contributed by atoms with Crippen LogP contribution in [-0.4, -0.2) is 42.3 Å². The van der Waals surface area contributed by atoms with E-state index in [4.69, 9.17) is 4.74 Å². The first kappa shape index (κ1) is 19.3. The average Bonchev–Trinajstić information content (AvgIpc) is 2.83. The van der Waals surface area contributed by atoms with E-state index >= 15 is 0 Å². The molecule has 0 aromatic heterocycles. The molecule has 1 saturated heterocycles. The molecule has 2 unspecified atom stereocenters. The summed E-state index contributed by atoms with van der Waals surface area (Å²) < 4.78 is 5.55. The predicted octanol–water partition coefficient (Wildman–Crippen LogP) is 4.50. The monoisotopic (exact) mass is 336 g/mol. The van der Waals surface area contributed by atoms with Gasteiger partial charge in [0.2, 0.25) is 0 Å². The Hall–Kier alpha value is -1.03. The molecule has 0 saturated carbocycles. The van der Waals surface area contributed by atoms with Gasteiger partial charge in [0.05, 0.1) is 0 Å². The first-order valence-corrected chi connectivity index (χ1v) is 9.81. The van der Waals surface area contributed by atoms with E-state index in [2.05, 4.69) is 18.3 Å². The van der Waals surface area contributed by atoms with Gasteiger partial charge in [0.25, 0.3) is 0 Å². The third-order valence-electron chi connectivity index (χ3n) is 4.94. The summed E-state index contributed by atoms with van der Waals surface area (Å²) in [5.74, 6) is 0.508. The van der Waals surface area contributed by atoms with E-state index in [1.165, 1.54) is 32.1 Å². The van der Waals surface area contributed by atoms with E-state index in [0.717, 1.165) is 32.5 Å². The van der Waals surface area contributed by atoms with Crippen LogP contribution in [0.4, 0.5) is 4.79 Å². The summed E-state index contributed by atoms with van der Waals surface area (Å²) in [6, 6.07) is 0.426. The largest absolute Gasteiger partial charge is 0.444 e. The fourth-order valence-electron chi connectivity index (χ4n) is 3.77. The minimum atomic E-state index is -0.418. The van der Waals surface area contributed by atoms with Crippen LogP contribution >= 0.6 is 0 Å². The molecule has 4 nitrogen and oxygen atoms in total. The molecule has 1 heterocycles. The van der Waals surface area contributed by atoms with Gasteiger partial charge >= 0.3 is 6.09 Å². The highest BCUT2D eigenvalue weighted by molar-refractivity contribution is 5.68. The van der Waals surface area contributed by atoms with Crippen LogP contribution in [-0.2, 0) is 4.74 Å². The molecule has 1 amide bonds. The lowest BCUT2D eigenvalue weighted by molar-refractivity contribution is 0.0286. The molecule has 4 heteroatoms. The number of rotatable bonds is 5. The molecule has 2 atom stereocenters. The highest BCUT2D eigenvalue weighted by Crippen LogP contribution is 2.29. The Bertz CT molecular complexity index is 439. The first-order chi connectivity index (χ1) is 11.4. The third-order valence-corrected chi connectivity index (χ3v) is 4.94. The predicted molar refractivity (Wildman–Crippen MR) is 99.2 cm³/mol. The Morgan fingerprint density at radius 1 is 1.38 bits per heavy atom. The number of hydrogen-bond acceptors (Lipinski definition) is 3. The smallest absolute Gasteiger partial charge is 0.410 e. The van der Waals surface area contributed by atoms with Gasteiger partial charge in [0.15, 0.2) is 0 Å². The van der Waals surface area contributed by atoms with Gasteiger partial charge in [-0.2, -0.15) is 0 Å². The van der Waals surface area contributed by atoms with E-state index < -0.39 is 5.60 Å². The summed E-state index contributed by atoms with van der Waals surface area (Å²) >= 11 is 0. The van der Waals surface area contributed by atoms with Crippen molar-refractivity contribution in [3.63, 3.8) is 0 Å². The maximum Gasteiger partial charge on any atom is 0.410 e. The van der Waals surface area contributed by atoms with E-state index in [1.54, 1.807) is 5.57 Å². The summed E-state index contributed by atoms with van der Waals surface area (Å²) in [7, 11) is 0. The van der Waals surface area contributed by atoms with Crippen molar-refractivity contribution in [3.8, 4) is 0 Å². The molecule has 0 radical (unpaired) electrons. The number of nitrogens with one attached hydrogen (secondary N) is 1. The zero-order valence-electron chi connectivity index (χ0n) is 16.1. The van der Waals surface area contributed by atoms with Crippen LogP contribution in [0.25, 0.3) is 0 Å². The lowest BCUT2D eigenvalue weighted by atomic mass is 9.89. The number of hydrogen-bond donors (Lipinski definition) is 1. The van der Waals surface area contributed by atoms with Crippen molar-refractivity contribution in [3.05, 3.63) is 11.6 Å². The van der Waals surface area contributed by atoms with Crippen LogP contribution < -0.4 is 5.32 Å². The van der Waals surface area contributed by atoms with E-state index in [-0.39, 0.29) is 6.09 Å². The van der Waals surface area contributed by atoms with Gasteiger partial charge in [-0.05, 0) is 71.8 Å². The van der Waals surface area contributed by atoms with Gasteiger partial charge in [-0.15, -0.1) is 0 Å². The van der Waals surface area contributed by atoms with Gasteiger partial charge in [-0.1, -0.05) is 25.0 Å². The van der Waals surface area contributed by atoms with Crippen LogP contribution in [0.5, 0.6) is 0 Å². The van der Waals surface area contributed by atoms with Crippen LogP contribution in [0.15, 0.2) is 11.6 Å². The molecular weight excluding hydrogens is 300 g/mol. The number of amides is 1. The summed E-state index contributed by atoms with van der Waals surface area (Å²) in [5.41, 5.74) is 1.16. The number of nitrogens with zero attached hydrogens (tertiary/aromatic N) is 1. The van der Waals surface area contributed by atoms with Crippen molar-refractivity contribution in [1.82, 2.24) is 10.2 Å². The molecule has 138 valence electrons. The molecule has 0 aromatic carbocycles. The molecule has 0 aromatic rings.